The summed E-state index contributed by atoms with van der Waals surface area (Å²) < 4.78 is 0. The third-order valence-corrected chi connectivity index (χ3v) is 3.75. The molecule has 1 N–H and O–H groups in total. The van der Waals surface area contributed by atoms with E-state index in [9.17, 15) is 0 Å². The Labute approximate surface area is 110 Å². The van der Waals surface area contributed by atoms with E-state index < -0.39 is 0 Å². The lowest BCUT2D eigenvalue weighted by Crippen LogP contribution is -2.34. The number of likely N-dealkylation sites (N-methyl/N-ethyl adjacent to an activating group) is 1. The van der Waals surface area contributed by atoms with E-state index in [-0.39, 0.29) is 0 Å². The zero-order chi connectivity index (χ0) is 12.7. The monoisotopic (exact) mass is 254 g/mol. The maximum Gasteiger partial charge on any atom is 0.00579 e. The maximum atomic E-state index is 3.50. The highest BCUT2D eigenvalue weighted by Gasteiger charge is 2.07. The van der Waals surface area contributed by atoms with Crippen LogP contribution in [0.15, 0.2) is 17.5 Å². The van der Waals surface area contributed by atoms with Crippen molar-refractivity contribution in [2.45, 2.75) is 33.2 Å². The predicted octanol–water partition coefficient (Wildman–Crippen LogP) is 2.86. The minimum absolute atomic E-state index is 0.592. The molecule has 17 heavy (non-hydrogen) atoms. The number of rotatable bonds is 8. The molecular formula is C14H26N2S. The van der Waals surface area contributed by atoms with Crippen LogP contribution >= 0.6 is 11.3 Å². The molecule has 0 amide bonds. The summed E-state index contributed by atoms with van der Waals surface area (Å²) in [7, 11) is 2.22. The average Bonchev–Trinajstić information content (AvgIpc) is 2.76. The van der Waals surface area contributed by atoms with Gasteiger partial charge in [0.1, 0.15) is 0 Å². The fourth-order valence-electron chi connectivity index (χ4n) is 1.88. The molecule has 0 spiro atoms. The first-order valence-corrected chi connectivity index (χ1v) is 7.40. The predicted molar refractivity (Wildman–Crippen MR) is 77.8 cm³/mol. The van der Waals surface area contributed by atoms with Gasteiger partial charge in [-0.2, -0.15) is 0 Å². The molecule has 0 aliphatic carbocycles. The quantitative estimate of drug-likeness (QED) is 0.767. The van der Waals surface area contributed by atoms with Crippen LogP contribution in [0.4, 0.5) is 0 Å². The molecule has 1 aromatic rings. The highest BCUT2D eigenvalue weighted by molar-refractivity contribution is 7.09. The maximum absolute atomic E-state index is 3.50. The normalized spacial score (nSPS) is 13.5. The van der Waals surface area contributed by atoms with E-state index in [1.54, 1.807) is 0 Å². The summed E-state index contributed by atoms with van der Waals surface area (Å²) in [5, 5.41) is 5.65. The Hall–Kier alpha value is -0.380. The largest absolute Gasteiger partial charge is 0.314 e. The Bertz CT molecular complexity index is 282. The van der Waals surface area contributed by atoms with Crippen molar-refractivity contribution in [2.75, 3.05) is 26.7 Å². The van der Waals surface area contributed by atoms with Crippen LogP contribution in [0.1, 0.15) is 25.6 Å². The van der Waals surface area contributed by atoms with Gasteiger partial charge in [-0.3, -0.25) is 0 Å². The molecule has 0 aliphatic heterocycles. The molecule has 1 unspecified atom stereocenters. The van der Waals surface area contributed by atoms with Crippen LogP contribution in [0, 0.1) is 5.92 Å². The van der Waals surface area contributed by atoms with E-state index in [1.807, 2.05) is 11.3 Å². The average molecular weight is 254 g/mol. The van der Waals surface area contributed by atoms with Crippen LogP contribution in [-0.4, -0.2) is 37.6 Å². The van der Waals surface area contributed by atoms with E-state index in [4.69, 9.17) is 0 Å². The number of thiophene rings is 1. The Morgan fingerprint density at radius 2 is 2.12 bits per heavy atom. The fraction of sp³-hybridized carbons (Fsp3) is 0.714. The summed E-state index contributed by atoms with van der Waals surface area (Å²) in [4.78, 5) is 3.93. The van der Waals surface area contributed by atoms with Crippen LogP contribution in [0.2, 0.25) is 0 Å². The van der Waals surface area contributed by atoms with E-state index in [1.165, 1.54) is 17.8 Å². The highest BCUT2D eigenvalue weighted by atomic mass is 32.1. The Morgan fingerprint density at radius 1 is 1.35 bits per heavy atom. The Kier molecular flexibility index (Phi) is 6.78. The van der Waals surface area contributed by atoms with E-state index >= 15 is 0 Å². The van der Waals surface area contributed by atoms with Crippen molar-refractivity contribution in [1.82, 2.24) is 10.2 Å². The second kappa shape index (κ2) is 7.85. The summed E-state index contributed by atoms with van der Waals surface area (Å²) in [5.41, 5.74) is 0. The molecule has 0 aliphatic rings. The van der Waals surface area contributed by atoms with Crippen LogP contribution in [0.25, 0.3) is 0 Å². The van der Waals surface area contributed by atoms with E-state index in [2.05, 4.69) is 55.5 Å². The van der Waals surface area contributed by atoms with Gasteiger partial charge in [0, 0.05) is 24.0 Å². The molecule has 0 saturated heterocycles. The van der Waals surface area contributed by atoms with Crippen LogP contribution in [0.5, 0.6) is 0 Å². The van der Waals surface area contributed by atoms with Gasteiger partial charge < -0.3 is 10.2 Å². The number of hydrogen-bond donors (Lipinski definition) is 1. The van der Waals surface area contributed by atoms with Gasteiger partial charge in [-0.1, -0.05) is 26.8 Å². The van der Waals surface area contributed by atoms with Gasteiger partial charge in [-0.05, 0) is 37.4 Å². The second-order valence-electron chi connectivity index (χ2n) is 5.26. The Morgan fingerprint density at radius 3 is 2.71 bits per heavy atom. The van der Waals surface area contributed by atoms with Gasteiger partial charge in [-0.25, -0.2) is 0 Å². The fourth-order valence-corrected chi connectivity index (χ4v) is 2.58. The van der Waals surface area contributed by atoms with Crippen LogP contribution in [-0.2, 0) is 6.42 Å². The SMILES string of the molecule is CC(CNC(C)C)CN(C)CCc1cccs1. The lowest BCUT2D eigenvalue weighted by molar-refractivity contribution is 0.281. The van der Waals surface area contributed by atoms with Gasteiger partial charge in [0.2, 0.25) is 0 Å². The minimum Gasteiger partial charge on any atom is -0.314 e. The molecule has 0 saturated carbocycles. The summed E-state index contributed by atoms with van der Waals surface area (Å²) >= 11 is 1.86. The van der Waals surface area contributed by atoms with Gasteiger partial charge in [0.05, 0.1) is 0 Å². The van der Waals surface area contributed by atoms with Crippen molar-refractivity contribution in [3.05, 3.63) is 22.4 Å². The molecule has 0 radical (unpaired) electrons. The third kappa shape index (κ3) is 6.81. The van der Waals surface area contributed by atoms with E-state index in [0.29, 0.717) is 12.0 Å². The summed E-state index contributed by atoms with van der Waals surface area (Å²) in [6.45, 7) is 10.2. The van der Waals surface area contributed by atoms with Crippen molar-refractivity contribution in [1.29, 1.82) is 0 Å². The molecule has 98 valence electrons. The van der Waals surface area contributed by atoms with Gasteiger partial charge in [0.15, 0.2) is 0 Å². The summed E-state index contributed by atoms with van der Waals surface area (Å²) in [6, 6.07) is 4.95. The number of hydrogen-bond acceptors (Lipinski definition) is 3. The van der Waals surface area contributed by atoms with Crippen molar-refractivity contribution in [3.8, 4) is 0 Å². The molecule has 0 fully saturated rings. The first kappa shape index (κ1) is 14.7. The van der Waals surface area contributed by atoms with Gasteiger partial charge >= 0.3 is 0 Å². The van der Waals surface area contributed by atoms with Crippen molar-refractivity contribution in [2.24, 2.45) is 5.92 Å². The summed E-state index contributed by atoms with van der Waals surface area (Å²) in [5.74, 6) is 0.714. The minimum atomic E-state index is 0.592. The zero-order valence-corrected chi connectivity index (χ0v) is 12.4. The van der Waals surface area contributed by atoms with Crippen LogP contribution in [0.3, 0.4) is 0 Å². The molecule has 1 atom stereocenters. The first-order valence-electron chi connectivity index (χ1n) is 6.52. The molecular weight excluding hydrogens is 228 g/mol. The molecule has 0 bridgehead atoms. The molecule has 3 heteroatoms. The highest BCUT2D eigenvalue weighted by Crippen LogP contribution is 2.09. The lowest BCUT2D eigenvalue weighted by atomic mass is 10.1. The van der Waals surface area contributed by atoms with Crippen LogP contribution < -0.4 is 5.32 Å². The summed E-state index contributed by atoms with van der Waals surface area (Å²) in [6.07, 6.45) is 1.18. The first-order chi connectivity index (χ1) is 8.08. The third-order valence-electron chi connectivity index (χ3n) is 2.82. The molecule has 1 heterocycles. The second-order valence-corrected chi connectivity index (χ2v) is 6.29. The number of nitrogens with one attached hydrogen (secondary N) is 1. The van der Waals surface area contributed by atoms with Crippen molar-refractivity contribution in [3.63, 3.8) is 0 Å². The lowest BCUT2D eigenvalue weighted by Gasteiger charge is -2.22. The molecule has 0 aromatic carbocycles. The Balaban J connectivity index is 2.13. The standard InChI is InChI=1S/C14H26N2S/c1-12(2)15-10-13(3)11-16(4)8-7-14-6-5-9-17-14/h5-6,9,12-13,15H,7-8,10-11H2,1-4H3. The molecule has 1 rings (SSSR count). The smallest absolute Gasteiger partial charge is 0.00579 e. The van der Waals surface area contributed by atoms with Crippen molar-refractivity contribution < 1.29 is 0 Å². The molecule has 2 nitrogen and oxygen atoms in total. The van der Waals surface area contributed by atoms with Crippen molar-refractivity contribution >= 4 is 11.3 Å². The van der Waals surface area contributed by atoms with Gasteiger partial charge in [0.25, 0.3) is 0 Å². The topological polar surface area (TPSA) is 15.3 Å². The zero-order valence-electron chi connectivity index (χ0n) is 11.6. The van der Waals surface area contributed by atoms with Gasteiger partial charge in [-0.15, -0.1) is 11.3 Å². The number of nitrogens with zero attached hydrogens (tertiary/aromatic N) is 1. The molecule has 1 aromatic heterocycles. The van der Waals surface area contributed by atoms with E-state index in [0.717, 1.165) is 13.1 Å².